The van der Waals surface area contributed by atoms with E-state index in [0.717, 1.165) is 16.8 Å². The molecular weight excluding hydrogens is 384 g/mol. The minimum Gasteiger partial charge on any atom is -0.496 e. The summed E-state index contributed by atoms with van der Waals surface area (Å²) in [6.07, 6.45) is 1.64. The Morgan fingerprint density at radius 3 is 2.23 bits per heavy atom. The first-order chi connectivity index (χ1) is 14.7. The maximum Gasteiger partial charge on any atom is 0.226 e. The van der Waals surface area contributed by atoms with Crippen molar-refractivity contribution in [1.82, 2.24) is 15.6 Å². The van der Waals surface area contributed by atoms with Crippen LogP contribution in [0.1, 0.15) is 11.3 Å². The molecule has 1 heterocycles. The van der Waals surface area contributed by atoms with Crippen LogP contribution in [0.3, 0.4) is 0 Å². The third kappa shape index (κ3) is 5.02. The molecule has 30 heavy (non-hydrogen) atoms. The fraction of sp³-hybridized carbons (Fsp3) is 0.273. The highest BCUT2D eigenvalue weighted by Gasteiger charge is 2.14. The number of rotatable bonds is 8. The number of nitrogens with one attached hydrogen (secondary N) is 2. The molecule has 0 aliphatic rings. The average molecular weight is 410 g/mol. The Morgan fingerprint density at radius 1 is 0.967 bits per heavy atom. The lowest BCUT2D eigenvalue weighted by atomic mass is 10.1. The van der Waals surface area contributed by atoms with Crippen molar-refractivity contribution in [2.45, 2.75) is 13.1 Å². The molecule has 0 spiro atoms. The average Bonchev–Trinajstić information content (AvgIpc) is 3.28. The molecular formula is C22H26N4O4. The van der Waals surface area contributed by atoms with Crippen molar-refractivity contribution < 1.29 is 18.6 Å². The minimum absolute atomic E-state index is 0.449. The number of hydrogen-bond donors (Lipinski definition) is 2. The van der Waals surface area contributed by atoms with E-state index < -0.39 is 0 Å². The molecule has 3 aromatic rings. The summed E-state index contributed by atoms with van der Waals surface area (Å²) in [5.74, 6) is 3.19. The first-order valence-corrected chi connectivity index (χ1v) is 9.41. The highest BCUT2D eigenvalue weighted by molar-refractivity contribution is 5.79. The van der Waals surface area contributed by atoms with Crippen molar-refractivity contribution in [3.63, 3.8) is 0 Å². The largest absolute Gasteiger partial charge is 0.496 e. The zero-order chi connectivity index (χ0) is 21.3. The van der Waals surface area contributed by atoms with Crippen molar-refractivity contribution in [2.24, 2.45) is 4.99 Å². The molecule has 3 rings (SSSR count). The van der Waals surface area contributed by atoms with Gasteiger partial charge in [0.25, 0.3) is 0 Å². The van der Waals surface area contributed by atoms with Crippen LogP contribution in [0.4, 0.5) is 0 Å². The zero-order valence-corrected chi connectivity index (χ0v) is 17.6. The molecule has 8 nitrogen and oxygen atoms in total. The Kier molecular flexibility index (Phi) is 7.15. The number of benzene rings is 2. The van der Waals surface area contributed by atoms with E-state index in [1.54, 1.807) is 34.6 Å². The Morgan fingerprint density at radius 2 is 1.63 bits per heavy atom. The summed E-state index contributed by atoms with van der Waals surface area (Å²) in [6.45, 7) is 0.914. The van der Waals surface area contributed by atoms with Crippen LogP contribution in [0.5, 0.6) is 17.2 Å². The molecule has 158 valence electrons. The van der Waals surface area contributed by atoms with Gasteiger partial charge in [-0.15, -0.1) is 0 Å². The third-order valence-corrected chi connectivity index (χ3v) is 4.48. The minimum atomic E-state index is 0.449. The molecule has 0 aliphatic heterocycles. The van der Waals surface area contributed by atoms with Crippen molar-refractivity contribution in [2.75, 3.05) is 28.4 Å². The fourth-order valence-corrected chi connectivity index (χ4v) is 2.92. The van der Waals surface area contributed by atoms with Crippen LogP contribution in [-0.2, 0) is 13.1 Å². The highest BCUT2D eigenvalue weighted by atomic mass is 16.5. The number of ether oxygens (including phenoxy) is 3. The summed E-state index contributed by atoms with van der Waals surface area (Å²) >= 11 is 0. The predicted octanol–water partition coefficient (Wildman–Crippen LogP) is 3.23. The molecule has 0 atom stereocenters. The van der Waals surface area contributed by atoms with E-state index in [0.29, 0.717) is 42.2 Å². The summed E-state index contributed by atoms with van der Waals surface area (Å²) in [6, 6.07) is 13.4. The molecule has 0 radical (unpaired) electrons. The number of guanidine groups is 1. The first kappa shape index (κ1) is 21.0. The number of aliphatic imine (C=N–C) groups is 1. The van der Waals surface area contributed by atoms with Gasteiger partial charge >= 0.3 is 0 Å². The Bertz CT molecular complexity index is 961. The Hall–Kier alpha value is -3.68. The molecule has 8 heteroatoms. The van der Waals surface area contributed by atoms with Crippen LogP contribution in [0.25, 0.3) is 11.5 Å². The van der Waals surface area contributed by atoms with Gasteiger partial charge in [-0.1, -0.05) is 18.2 Å². The topological polar surface area (TPSA) is 90.1 Å². The Labute approximate surface area is 175 Å². The second kappa shape index (κ2) is 10.2. The molecule has 0 fully saturated rings. The second-order valence-electron chi connectivity index (χ2n) is 6.30. The van der Waals surface area contributed by atoms with Crippen molar-refractivity contribution in [3.05, 3.63) is 60.0 Å². The van der Waals surface area contributed by atoms with Crippen molar-refractivity contribution in [3.8, 4) is 28.7 Å². The molecule has 0 bridgehead atoms. The van der Waals surface area contributed by atoms with Gasteiger partial charge in [-0.2, -0.15) is 0 Å². The van der Waals surface area contributed by atoms with Gasteiger partial charge in [-0.05, 0) is 12.1 Å². The highest BCUT2D eigenvalue weighted by Crippen LogP contribution is 2.33. The molecule has 0 saturated heterocycles. The molecule has 0 saturated carbocycles. The molecule has 2 aromatic carbocycles. The van der Waals surface area contributed by atoms with E-state index in [-0.39, 0.29) is 0 Å². The van der Waals surface area contributed by atoms with Gasteiger partial charge in [0.15, 0.2) is 5.96 Å². The number of methoxy groups -OCH3 is 3. The summed E-state index contributed by atoms with van der Waals surface area (Å²) in [5.41, 5.74) is 2.57. The monoisotopic (exact) mass is 410 g/mol. The lowest BCUT2D eigenvalue weighted by Gasteiger charge is -2.17. The second-order valence-corrected chi connectivity index (χ2v) is 6.30. The first-order valence-electron chi connectivity index (χ1n) is 9.41. The standard InChI is InChI=1S/C22H26N4O4/c1-23-22(24-12-16-14-30-21(26-16)15-8-6-5-7-9-15)25-13-18-19(28-3)10-17(27-2)11-20(18)29-4/h5-11,14H,12-13H2,1-4H3,(H2,23,24,25). The summed E-state index contributed by atoms with van der Waals surface area (Å²) < 4.78 is 21.8. The maximum absolute atomic E-state index is 5.57. The molecule has 1 aromatic heterocycles. The van der Waals surface area contributed by atoms with Crippen LogP contribution >= 0.6 is 0 Å². The summed E-state index contributed by atoms with van der Waals surface area (Å²) in [5, 5.41) is 6.49. The van der Waals surface area contributed by atoms with Crippen LogP contribution in [-0.4, -0.2) is 39.3 Å². The van der Waals surface area contributed by atoms with E-state index in [9.17, 15) is 0 Å². The number of nitrogens with zero attached hydrogens (tertiary/aromatic N) is 2. The van der Waals surface area contributed by atoms with Gasteiger partial charge < -0.3 is 29.3 Å². The summed E-state index contributed by atoms with van der Waals surface area (Å²) in [4.78, 5) is 8.77. The summed E-state index contributed by atoms with van der Waals surface area (Å²) in [7, 11) is 6.53. The van der Waals surface area contributed by atoms with Gasteiger partial charge in [-0.3, -0.25) is 4.99 Å². The normalized spacial score (nSPS) is 11.1. The van der Waals surface area contributed by atoms with Gasteiger partial charge in [0.05, 0.1) is 45.7 Å². The third-order valence-electron chi connectivity index (χ3n) is 4.48. The SMILES string of the molecule is CN=C(NCc1coc(-c2ccccc2)n1)NCc1c(OC)cc(OC)cc1OC. The predicted molar refractivity (Wildman–Crippen MR) is 115 cm³/mol. The van der Waals surface area contributed by atoms with Crippen LogP contribution < -0.4 is 24.8 Å². The van der Waals surface area contributed by atoms with Gasteiger partial charge in [0, 0.05) is 24.7 Å². The van der Waals surface area contributed by atoms with E-state index in [4.69, 9.17) is 18.6 Å². The fourth-order valence-electron chi connectivity index (χ4n) is 2.92. The number of hydrogen-bond acceptors (Lipinski definition) is 6. The van der Waals surface area contributed by atoms with Gasteiger partial charge in [-0.25, -0.2) is 4.98 Å². The zero-order valence-electron chi connectivity index (χ0n) is 17.6. The van der Waals surface area contributed by atoms with E-state index in [2.05, 4.69) is 20.6 Å². The van der Waals surface area contributed by atoms with Crippen LogP contribution in [0.15, 0.2) is 58.1 Å². The van der Waals surface area contributed by atoms with Gasteiger partial charge in [0.2, 0.25) is 5.89 Å². The Balaban J connectivity index is 1.63. The van der Waals surface area contributed by atoms with E-state index >= 15 is 0 Å². The number of aromatic nitrogens is 1. The van der Waals surface area contributed by atoms with Crippen molar-refractivity contribution >= 4 is 5.96 Å². The lowest BCUT2D eigenvalue weighted by molar-refractivity contribution is 0.368. The molecule has 0 aliphatic carbocycles. The molecule has 0 amide bonds. The van der Waals surface area contributed by atoms with Crippen molar-refractivity contribution in [1.29, 1.82) is 0 Å². The van der Waals surface area contributed by atoms with Crippen LogP contribution in [0, 0.1) is 0 Å². The smallest absolute Gasteiger partial charge is 0.226 e. The maximum atomic E-state index is 5.57. The molecule has 0 unspecified atom stereocenters. The quantitative estimate of drug-likeness (QED) is 0.435. The lowest BCUT2D eigenvalue weighted by Crippen LogP contribution is -2.36. The molecule has 2 N–H and O–H groups in total. The van der Waals surface area contributed by atoms with Gasteiger partial charge in [0.1, 0.15) is 23.5 Å². The van der Waals surface area contributed by atoms with E-state index in [1.807, 2.05) is 42.5 Å². The van der Waals surface area contributed by atoms with Crippen LogP contribution in [0.2, 0.25) is 0 Å². The number of oxazole rings is 1. The van der Waals surface area contributed by atoms with E-state index in [1.165, 1.54) is 0 Å².